The van der Waals surface area contributed by atoms with Crippen molar-refractivity contribution in [1.29, 1.82) is 0 Å². The predicted octanol–water partition coefficient (Wildman–Crippen LogP) is 4.10. The summed E-state index contributed by atoms with van der Waals surface area (Å²) < 4.78 is 40.7. The van der Waals surface area contributed by atoms with Gasteiger partial charge in [-0.05, 0) is 44.2 Å². The number of hydrogen-bond donors (Lipinski definition) is 1. The molecule has 0 saturated carbocycles. The Bertz CT molecular complexity index is 1130. The summed E-state index contributed by atoms with van der Waals surface area (Å²) in [6.07, 6.45) is -3.29. The van der Waals surface area contributed by atoms with Gasteiger partial charge in [0.05, 0.1) is 22.9 Å². The Kier molecular flexibility index (Phi) is 5.23. The molecular weight excluding hydrogens is 387 g/mol. The van der Waals surface area contributed by atoms with E-state index in [1.807, 2.05) is 0 Å². The van der Waals surface area contributed by atoms with Crippen molar-refractivity contribution in [2.75, 3.05) is 5.32 Å². The number of amides is 1. The normalized spacial score (nSPS) is 11.5. The van der Waals surface area contributed by atoms with Crippen molar-refractivity contribution >= 4 is 34.2 Å². The largest absolute Gasteiger partial charge is 0.416 e. The number of fused-ring (bicyclic) bond motifs is 1. The number of imidazole rings is 1. The Morgan fingerprint density at radius 1 is 1.07 bits per heavy atom. The first-order chi connectivity index (χ1) is 13.6. The standard InChI is InChI=1S/C20H16F3N3O3/c1-11(27)13-6-14(20(21,22)23)8-15(7-13)25-18(29)9-26-10-24-17-5-3-4-16(12(2)28)19(17)26/h3-8,10H,9H2,1-2H3,(H,25,29). The number of anilines is 1. The molecule has 9 heteroatoms. The second-order valence-electron chi connectivity index (χ2n) is 6.50. The third-order valence-corrected chi connectivity index (χ3v) is 4.28. The van der Waals surface area contributed by atoms with Crippen LogP contribution in [0.15, 0.2) is 42.7 Å². The number of Topliss-reactive ketones (excluding diaryl/α,β-unsaturated/α-hetero) is 2. The van der Waals surface area contributed by atoms with Crippen LogP contribution in [0.1, 0.15) is 40.1 Å². The molecule has 1 heterocycles. The van der Waals surface area contributed by atoms with Crippen LogP contribution in [-0.4, -0.2) is 27.0 Å². The first kappa shape index (κ1) is 20.2. The van der Waals surface area contributed by atoms with Crippen molar-refractivity contribution in [2.24, 2.45) is 0 Å². The molecule has 3 rings (SSSR count). The summed E-state index contributed by atoms with van der Waals surface area (Å²) in [7, 11) is 0. The Morgan fingerprint density at radius 2 is 1.79 bits per heavy atom. The lowest BCUT2D eigenvalue weighted by Gasteiger charge is -2.13. The molecule has 0 fully saturated rings. The van der Waals surface area contributed by atoms with E-state index in [9.17, 15) is 27.6 Å². The van der Waals surface area contributed by atoms with Crippen LogP contribution in [0, 0.1) is 0 Å². The first-order valence-electron chi connectivity index (χ1n) is 8.54. The third kappa shape index (κ3) is 4.34. The molecule has 0 atom stereocenters. The summed E-state index contributed by atoms with van der Waals surface area (Å²) in [6.45, 7) is 2.26. The molecule has 1 aromatic heterocycles. The van der Waals surface area contributed by atoms with Crippen molar-refractivity contribution in [3.8, 4) is 0 Å². The zero-order chi connectivity index (χ0) is 21.3. The number of carbonyl (C=O) groups excluding carboxylic acids is 3. The van der Waals surface area contributed by atoms with Crippen LogP contribution < -0.4 is 5.32 Å². The number of nitrogens with one attached hydrogen (secondary N) is 1. The molecule has 29 heavy (non-hydrogen) atoms. The van der Waals surface area contributed by atoms with Crippen LogP contribution >= 0.6 is 0 Å². The number of halogens is 3. The van der Waals surface area contributed by atoms with Crippen molar-refractivity contribution in [3.63, 3.8) is 0 Å². The van der Waals surface area contributed by atoms with Gasteiger partial charge in [0.1, 0.15) is 6.54 Å². The number of carbonyl (C=O) groups is 3. The number of aromatic nitrogens is 2. The summed E-state index contributed by atoms with van der Waals surface area (Å²) in [4.78, 5) is 40.0. The van der Waals surface area contributed by atoms with E-state index < -0.39 is 23.4 Å². The van der Waals surface area contributed by atoms with Crippen molar-refractivity contribution in [3.05, 3.63) is 59.4 Å². The summed E-state index contributed by atoms with van der Waals surface area (Å²) in [5.41, 5.74) is 0.0125. The Labute approximate surface area is 163 Å². The van der Waals surface area contributed by atoms with Crippen LogP contribution in [0.2, 0.25) is 0 Å². The maximum atomic E-state index is 13.1. The number of ketones is 2. The van der Waals surface area contributed by atoms with Crippen molar-refractivity contribution in [1.82, 2.24) is 9.55 Å². The summed E-state index contributed by atoms with van der Waals surface area (Å²) >= 11 is 0. The molecule has 0 aliphatic heterocycles. The maximum absolute atomic E-state index is 13.1. The lowest BCUT2D eigenvalue weighted by atomic mass is 10.1. The minimum atomic E-state index is -4.66. The number of nitrogens with zero attached hydrogens (tertiary/aromatic N) is 2. The highest BCUT2D eigenvalue weighted by Gasteiger charge is 2.31. The van der Waals surface area contributed by atoms with Crippen LogP contribution in [0.25, 0.3) is 11.0 Å². The fourth-order valence-electron chi connectivity index (χ4n) is 2.95. The highest BCUT2D eigenvalue weighted by Crippen LogP contribution is 2.32. The molecular formula is C20H16F3N3O3. The second kappa shape index (κ2) is 7.50. The molecule has 0 bridgehead atoms. The molecule has 0 radical (unpaired) electrons. The highest BCUT2D eigenvalue weighted by atomic mass is 19.4. The van der Waals surface area contributed by atoms with Gasteiger partial charge in [0.25, 0.3) is 0 Å². The predicted molar refractivity (Wildman–Crippen MR) is 99.8 cm³/mol. The molecule has 0 saturated heterocycles. The smallest absolute Gasteiger partial charge is 0.324 e. The molecule has 1 N–H and O–H groups in total. The van der Waals surface area contributed by atoms with Gasteiger partial charge in [0.15, 0.2) is 11.6 Å². The lowest BCUT2D eigenvalue weighted by molar-refractivity contribution is -0.137. The van der Waals surface area contributed by atoms with Crippen LogP contribution in [0.3, 0.4) is 0 Å². The number of rotatable bonds is 5. The van der Waals surface area contributed by atoms with E-state index in [1.165, 1.54) is 23.9 Å². The second-order valence-corrected chi connectivity index (χ2v) is 6.50. The Hall–Kier alpha value is -3.49. The Balaban J connectivity index is 1.90. The van der Waals surface area contributed by atoms with Crippen LogP contribution in [0.4, 0.5) is 18.9 Å². The summed E-state index contributed by atoms with van der Waals surface area (Å²) in [5.74, 6) is -1.39. The van der Waals surface area contributed by atoms with Gasteiger partial charge >= 0.3 is 6.18 Å². The number of para-hydroxylation sites is 1. The third-order valence-electron chi connectivity index (χ3n) is 4.28. The SMILES string of the molecule is CC(=O)c1cc(NC(=O)Cn2cnc3cccc(C(C)=O)c32)cc(C(F)(F)F)c1. The van der Waals surface area contributed by atoms with E-state index in [-0.39, 0.29) is 23.6 Å². The molecule has 0 aliphatic carbocycles. The van der Waals surface area contributed by atoms with Crippen LogP contribution in [-0.2, 0) is 17.5 Å². The molecule has 0 unspecified atom stereocenters. The van der Waals surface area contributed by atoms with E-state index >= 15 is 0 Å². The van der Waals surface area contributed by atoms with Crippen molar-refractivity contribution in [2.45, 2.75) is 26.6 Å². The van der Waals surface area contributed by atoms with Gasteiger partial charge in [-0.25, -0.2) is 4.98 Å². The molecule has 1 amide bonds. The molecule has 0 aliphatic rings. The van der Waals surface area contributed by atoms with Gasteiger partial charge in [0.2, 0.25) is 5.91 Å². The van der Waals surface area contributed by atoms with Gasteiger partial charge in [-0.3, -0.25) is 14.4 Å². The van der Waals surface area contributed by atoms with E-state index in [0.717, 1.165) is 19.1 Å². The molecule has 6 nitrogen and oxygen atoms in total. The van der Waals surface area contributed by atoms with Gasteiger partial charge in [0, 0.05) is 16.8 Å². The number of hydrogen-bond acceptors (Lipinski definition) is 4. The Morgan fingerprint density at radius 3 is 2.41 bits per heavy atom. The molecule has 0 spiro atoms. The van der Waals surface area contributed by atoms with E-state index in [2.05, 4.69) is 10.3 Å². The zero-order valence-electron chi connectivity index (χ0n) is 15.5. The minimum absolute atomic E-state index is 0.147. The average Bonchev–Trinajstić information content (AvgIpc) is 3.03. The van der Waals surface area contributed by atoms with Gasteiger partial charge < -0.3 is 9.88 Å². The van der Waals surface area contributed by atoms with Gasteiger partial charge in [-0.2, -0.15) is 13.2 Å². The van der Waals surface area contributed by atoms with Crippen molar-refractivity contribution < 1.29 is 27.6 Å². The van der Waals surface area contributed by atoms with Gasteiger partial charge in [-0.1, -0.05) is 6.07 Å². The average molecular weight is 403 g/mol. The topological polar surface area (TPSA) is 81.1 Å². The lowest BCUT2D eigenvalue weighted by Crippen LogP contribution is -2.19. The summed E-state index contributed by atoms with van der Waals surface area (Å²) in [6, 6.07) is 7.64. The van der Waals surface area contributed by atoms with E-state index in [0.29, 0.717) is 16.6 Å². The van der Waals surface area contributed by atoms with Gasteiger partial charge in [-0.15, -0.1) is 0 Å². The highest BCUT2D eigenvalue weighted by molar-refractivity contribution is 6.05. The molecule has 150 valence electrons. The first-order valence-corrected chi connectivity index (χ1v) is 8.54. The molecule has 2 aromatic carbocycles. The fourth-order valence-corrected chi connectivity index (χ4v) is 2.95. The number of alkyl halides is 3. The number of benzene rings is 2. The fraction of sp³-hybridized carbons (Fsp3) is 0.200. The monoisotopic (exact) mass is 403 g/mol. The quantitative estimate of drug-likeness (QED) is 0.651. The molecule has 3 aromatic rings. The van der Waals surface area contributed by atoms with Crippen LogP contribution in [0.5, 0.6) is 0 Å². The summed E-state index contributed by atoms with van der Waals surface area (Å²) in [5, 5.41) is 2.38. The van der Waals surface area contributed by atoms with E-state index in [1.54, 1.807) is 18.2 Å². The zero-order valence-corrected chi connectivity index (χ0v) is 15.5. The minimum Gasteiger partial charge on any atom is -0.324 e. The van der Waals surface area contributed by atoms with E-state index in [4.69, 9.17) is 0 Å². The maximum Gasteiger partial charge on any atom is 0.416 e.